The van der Waals surface area contributed by atoms with Crippen molar-refractivity contribution in [1.29, 1.82) is 0 Å². The molecule has 106 valence electrons. The third-order valence-electron chi connectivity index (χ3n) is 2.32. The summed E-state index contributed by atoms with van der Waals surface area (Å²) in [5, 5.41) is 2.72. The number of alkyl carbamates (subject to hydrolysis) is 1. The summed E-state index contributed by atoms with van der Waals surface area (Å²) >= 11 is 0. The first-order valence-corrected chi connectivity index (χ1v) is 6.41. The molecule has 0 aliphatic rings. The van der Waals surface area contributed by atoms with E-state index in [1.807, 2.05) is 6.92 Å². The molecule has 0 saturated heterocycles. The fourth-order valence-electron chi connectivity index (χ4n) is 1.62. The minimum Gasteiger partial charge on any atom is -0.444 e. The number of carbonyl (C=O) groups is 1. The van der Waals surface area contributed by atoms with E-state index in [1.165, 1.54) is 6.07 Å². The highest BCUT2D eigenvalue weighted by Gasteiger charge is 2.21. The largest absolute Gasteiger partial charge is 0.444 e. The molecule has 1 atom stereocenters. The zero-order valence-electron chi connectivity index (χ0n) is 11.9. The van der Waals surface area contributed by atoms with Crippen molar-refractivity contribution in [1.82, 2.24) is 5.32 Å². The second-order valence-corrected chi connectivity index (χ2v) is 5.34. The highest BCUT2D eigenvalue weighted by molar-refractivity contribution is 5.68. The second-order valence-electron chi connectivity index (χ2n) is 5.34. The van der Waals surface area contributed by atoms with Gasteiger partial charge < -0.3 is 14.5 Å². The molecule has 5 heteroatoms. The monoisotopic (exact) mass is 267 g/mol. The van der Waals surface area contributed by atoms with E-state index in [-0.39, 0.29) is 6.04 Å². The molecule has 0 spiro atoms. The van der Waals surface area contributed by atoms with E-state index in [0.29, 0.717) is 12.2 Å². The lowest BCUT2D eigenvalue weighted by Gasteiger charge is -2.22. The topological polar surface area (TPSA) is 68.5 Å². The smallest absolute Gasteiger partial charge is 0.408 e. The van der Waals surface area contributed by atoms with Gasteiger partial charge in [0.05, 0.1) is 6.04 Å². The maximum atomic E-state index is 11.7. The van der Waals surface area contributed by atoms with Crippen LogP contribution in [0.3, 0.4) is 0 Å². The van der Waals surface area contributed by atoms with Gasteiger partial charge in [-0.2, -0.15) is 0 Å². The molecule has 1 aromatic rings. The zero-order valence-corrected chi connectivity index (χ0v) is 11.9. The van der Waals surface area contributed by atoms with Crippen LogP contribution in [0.15, 0.2) is 27.4 Å². The molecule has 0 aliphatic carbocycles. The van der Waals surface area contributed by atoms with E-state index in [9.17, 15) is 9.59 Å². The molecular weight excluding hydrogens is 246 g/mol. The Morgan fingerprint density at radius 2 is 2.11 bits per heavy atom. The van der Waals surface area contributed by atoms with Crippen LogP contribution in [0.5, 0.6) is 0 Å². The van der Waals surface area contributed by atoms with Crippen LogP contribution in [-0.2, 0) is 4.74 Å². The molecule has 1 rings (SSSR count). The first-order chi connectivity index (χ1) is 8.81. The lowest BCUT2D eigenvalue weighted by molar-refractivity contribution is 0.0493. The summed E-state index contributed by atoms with van der Waals surface area (Å²) < 4.78 is 10.3. The van der Waals surface area contributed by atoms with Gasteiger partial charge in [-0.1, -0.05) is 19.4 Å². The number of hydrogen-bond donors (Lipinski definition) is 1. The Labute approximate surface area is 113 Å². The molecule has 1 aromatic heterocycles. The van der Waals surface area contributed by atoms with E-state index in [4.69, 9.17) is 9.15 Å². The van der Waals surface area contributed by atoms with Gasteiger partial charge in [0.25, 0.3) is 0 Å². The molecule has 5 nitrogen and oxygen atoms in total. The van der Waals surface area contributed by atoms with Crippen LogP contribution in [0.25, 0.3) is 0 Å². The van der Waals surface area contributed by atoms with Crippen molar-refractivity contribution < 1.29 is 13.9 Å². The minimum absolute atomic E-state index is 0.353. The van der Waals surface area contributed by atoms with Crippen LogP contribution in [0.1, 0.15) is 52.3 Å². The molecule has 0 unspecified atom stereocenters. The summed E-state index contributed by atoms with van der Waals surface area (Å²) in [7, 11) is 0. The van der Waals surface area contributed by atoms with Gasteiger partial charge in [-0.15, -0.1) is 0 Å². The van der Waals surface area contributed by atoms with Gasteiger partial charge in [0.1, 0.15) is 11.4 Å². The van der Waals surface area contributed by atoms with E-state index in [1.54, 1.807) is 32.9 Å². The van der Waals surface area contributed by atoms with E-state index < -0.39 is 17.3 Å². The van der Waals surface area contributed by atoms with Crippen LogP contribution in [0.4, 0.5) is 4.79 Å². The molecule has 0 aromatic carbocycles. The van der Waals surface area contributed by atoms with Crippen molar-refractivity contribution in [2.75, 3.05) is 0 Å². The van der Waals surface area contributed by atoms with Gasteiger partial charge in [-0.05, 0) is 33.3 Å². The number of rotatable bonds is 4. The van der Waals surface area contributed by atoms with E-state index in [2.05, 4.69) is 5.32 Å². The van der Waals surface area contributed by atoms with Crippen molar-refractivity contribution in [2.45, 2.75) is 52.2 Å². The quantitative estimate of drug-likeness (QED) is 0.910. The molecule has 1 amide bonds. The zero-order chi connectivity index (χ0) is 14.5. The first kappa shape index (κ1) is 15.3. The van der Waals surface area contributed by atoms with Crippen LogP contribution in [0, 0.1) is 0 Å². The molecule has 0 fully saturated rings. The van der Waals surface area contributed by atoms with Gasteiger partial charge in [0, 0.05) is 6.07 Å². The normalized spacial score (nSPS) is 12.8. The van der Waals surface area contributed by atoms with Crippen LogP contribution < -0.4 is 10.9 Å². The fraction of sp³-hybridized carbons (Fsp3) is 0.571. The van der Waals surface area contributed by atoms with Crippen molar-refractivity contribution in [2.24, 2.45) is 0 Å². The highest BCUT2D eigenvalue weighted by Crippen LogP contribution is 2.18. The molecule has 0 saturated carbocycles. The fourth-order valence-corrected chi connectivity index (χ4v) is 1.62. The van der Waals surface area contributed by atoms with Gasteiger partial charge in [-0.3, -0.25) is 0 Å². The molecular formula is C14H21NO4. The van der Waals surface area contributed by atoms with Crippen molar-refractivity contribution in [3.8, 4) is 0 Å². The van der Waals surface area contributed by atoms with Crippen LogP contribution >= 0.6 is 0 Å². The van der Waals surface area contributed by atoms with E-state index in [0.717, 1.165) is 6.42 Å². The first-order valence-electron chi connectivity index (χ1n) is 6.41. The Morgan fingerprint density at radius 1 is 1.42 bits per heavy atom. The molecule has 19 heavy (non-hydrogen) atoms. The Balaban J connectivity index is 2.78. The maximum Gasteiger partial charge on any atom is 0.408 e. The number of carbonyl (C=O) groups excluding carboxylic acids is 1. The summed E-state index contributed by atoms with van der Waals surface area (Å²) in [6.45, 7) is 7.38. The molecule has 0 aliphatic heterocycles. The SMILES string of the molecule is CCC[C@@H](NC(=O)OC(C)(C)C)c1cccc(=O)o1. The lowest BCUT2D eigenvalue weighted by atomic mass is 10.1. The van der Waals surface area contributed by atoms with E-state index >= 15 is 0 Å². The molecule has 0 bridgehead atoms. The lowest BCUT2D eigenvalue weighted by Crippen LogP contribution is -2.35. The molecule has 0 radical (unpaired) electrons. The predicted molar refractivity (Wildman–Crippen MR) is 72.0 cm³/mol. The third kappa shape index (κ3) is 5.59. The standard InChI is InChI=1S/C14H21NO4/c1-5-7-10(11-8-6-9-12(16)18-11)15-13(17)19-14(2,3)4/h6,8-10H,5,7H2,1-4H3,(H,15,17)/t10-/m1/s1. The number of amides is 1. The van der Waals surface area contributed by atoms with Crippen LogP contribution in [-0.4, -0.2) is 11.7 Å². The summed E-state index contributed by atoms with van der Waals surface area (Å²) in [6.07, 6.45) is 1.00. The third-order valence-corrected chi connectivity index (χ3v) is 2.32. The minimum atomic E-state index is -0.557. The second kappa shape index (κ2) is 6.41. The molecule has 1 heterocycles. The Morgan fingerprint density at radius 3 is 2.63 bits per heavy atom. The van der Waals surface area contributed by atoms with Crippen molar-refractivity contribution in [3.63, 3.8) is 0 Å². The van der Waals surface area contributed by atoms with Gasteiger partial charge in [-0.25, -0.2) is 9.59 Å². The Kier molecular flexibility index (Phi) is 5.15. The molecule has 1 N–H and O–H groups in total. The van der Waals surface area contributed by atoms with Gasteiger partial charge in [0.15, 0.2) is 0 Å². The Hall–Kier alpha value is -1.78. The number of hydrogen-bond acceptors (Lipinski definition) is 4. The number of ether oxygens (including phenoxy) is 1. The number of nitrogens with one attached hydrogen (secondary N) is 1. The summed E-state index contributed by atoms with van der Waals surface area (Å²) in [5.41, 5.74) is -0.983. The predicted octanol–water partition coefficient (Wildman–Crippen LogP) is 3.01. The van der Waals surface area contributed by atoms with Crippen molar-refractivity contribution >= 4 is 6.09 Å². The average molecular weight is 267 g/mol. The summed E-state index contributed by atoms with van der Waals surface area (Å²) in [5.74, 6) is 0.445. The maximum absolute atomic E-state index is 11.7. The summed E-state index contributed by atoms with van der Waals surface area (Å²) in [6, 6.07) is 4.27. The average Bonchev–Trinajstić information content (AvgIpc) is 2.26. The van der Waals surface area contributed by atoms with Crippen LogP contribution in [0.2, 0.25) is 0 Å². The highest BCUT2D eigenvalue weighted by atomic mass is 16.6. The Bertz CT molecular complexity index is 473. The van der Waals surface area contributed by atoms with Gasteiger partial charge in [0.2, 0.25) is 0 Å². The summed E-state index contributed by atoms with van der Waals surface area (Å²) in [4.78, 5) is 23.0. The van der Waals surface area contributed by atoms with Gasteiger partial charge >= 0.3 is 11.7 Å². The van der Waals surface area contributed by atoms with Crippen molar-refractivity contribution in [3.05, 3.63) is 34.4 Å².